The smallest absolute Gasteiger partial charge is 0.325 e. The number of phenols is 3. The molecule has 0 bridgehead atoms. The number of rotatable bonds is 14. The molecule has 0 aliphatic carbocycles. The molecule has 0 atom stereocenters. The standard InChI is InChI=1S/C55H68N12O6/c1-4-50(71)64-25-27-65(28-26-64)53-43-16-20-66(47-30-41(68)29-39-7-5-6-8-42(39)47)35-46(43)59-55(60-53)58-17-13-51(72)63-18-14-38(15-19-63)34-62-23-21-61(22-24-62)33-37-9-11-40(12-10-37)67(54(57)73)52(56)45-31-44(36(2)3)48(69)32-49(45)70/h4-12,29-32,36,38,56,68-70H,1,13-28,33-35H2,2-3H3,(H2,57,73)(H,58,59,60). The van der Waals surface area contributed by atoms with Crippen molar-refractivity contribution in [3.63, 3.8) is 0 Å². The second-order valence-corrected chi connectivity index (χ2v) is 20.0. The number of primary amides is 1. The maximum absolute atomic E-state index is 13.6. The van der Waals surface area contributed by atoms with Crippen molar-refractivity contribution in [1.29, 1.82) is 5.41 Å². The number of urea groups is 1. The molecule has 384 valence electrons. The number of amidine groups is 1. The number of piperazine rings is 2. The number of amides is 4. The molecule has 73 heavy (non-hydrogen) atoms. The number of carbonyl (C=O) groups excluding carboxylic acids is 3. The molecule has 0 saturated carbocycles. The van der Waals surface area contributed by atoms with Crippen LogP contribution in [0.15, 0.2) is 85.5 Å². The van der Waals surface area contributed by atoms with Gasteiger partial charge in [-0.25, -0.2) is 14.7 Å². The normalized spacial score (nSPS) is 16.9. The number of hydrogen-bond acceptors (Lipinski definition) is 14. The number of likely N-dealkylation sites (tertiary alicyclic amines) is 1. The number of phenolic OH excluding ortho intramolecular Hbond substituents is 3. The summed E-state index contributed by atoms with van der Waals surface area (Å²) < 4.78 is 0. The molecule has 0 unspecified atom stereocenters. The van der Waals surface area contributed by atoms with Gasteiger partial charge in [-0.05, 0) is 78.0 Å². The summed E-state index contributed by atoms with van der Waals surface area (Å²) in [5.41, 5.74) is 10.8. The van der Waals surface area contributed by atoms with E-state index in [0.717, 1.165) is 122 Å². The minimum atomic E-state index is -0.855. The van der Waals surface area contributed by atoms with Gasteiger partial charge in [0, 0.05) is 127 Å². The second-order valence-electron chi connectivity index (χ2n) is 20.0. The molecule has 4 aliphatic rings. The number of aromatic nitrogens is 2. The third-order valence-corrected chi connectivity index (χ3v) is 14.9. The summed E-state index contributed by atoms with van der Waals surface area (Å²) in [5.74, 6) is 1.38. The molecule has 5 aromatic rings. The first-order chi connectivity index (χ1) is 35.2. The summed E-state index contributed by atoms with van der Waals surface area (Å²) in [6, 6.07) is 20.9. The Morgan fingerprint density at radius 1 is 0.836 bits per heavy atom. The van der Waals surface area contributed by atoms with E-state index in [4.69, 9.17) is 21.1 Å². The lowest BCUT2D eigenvalue weighted by Gasteiger charge is -2.39. The molecule has 4 aromatic carbocycles. The average Bonchev–Trinajstić information content (AvgIpc) is 3.39. The van der Waals surface area contributed by atoms with Crippen molar-refractivity contribution in [2.24, 2.45) is 11.7 Å². The SMILES string of the molecule is C=CC(=O)N1CCN(c2nc(NCCC(=O)N3CCC(CN4CCN(Cc5ccc(N(C(=N)c6cc(C(C)C)c(O)cc6O)C(N)=O)cc5)CC4)CC3)nc3c2CCN(c2cc(O)cc4ccccc24)C3)CC1. The van der Waals surface area contributed by atoms with Crippen LogP contribution in [0.5, 0.6) is 17.2 Å². The van der Waals surface area contributed by atoms with Crippen molar-refractivity contribution in [2.45, 2.75) is 58.5 Å². The van der Waals surface area contributed by atoms with E-state index in [1.165, 1.54) is 18.2 Å². The summed E-state index contributed by atoms with van der Waals surface area (Å²) in [6.07, 6.45) is 4.33. The Labute approximate surface area is 426 Å². The summed E-state index contributed by atoms with van der Waals surface area (Å²) in [5, 5.41) is 45.7. The van der Waals surface area contributed by atoms with E-state index in [2.05, 4.69) is 37.6 Å². The molecule has 4 amide bonds. The van der Waals surface area contributed by atoms with E-state index < -0.39 is 6.03 Å². The highest BCUT2D eigenvalue weighted by Gasteiger charge is 2.31. The van der Waals surface area contributed by atoms with E-state index in [0.29, 0.717) is 68.8 Å². The molecular weight excluding hydrogens is 925 g/mol. The minimum Gasteiger partial charge on any atom is -0.508 e. The highest BCUT2D eigenvalue weighted by atomic mass is 16.3. The van der Waals surface area contributed by atoms with Crippen LogP contribution < -0.4 is 25.8 Å². The first-order valence-electron chi connectivity index (χ1n) is 25.5. The third kappa shape index (κ3) is 11.4. The van der Waals surface area contributed by atoms with Crippen molar-refractivity contribution in [3.8, 4) is 17.2 Å². The molecule has 3 fully saturated rings. The van der Waals surface area contributed by atoms with E-state index in [9.17, 15) is 29.7 Å². The number of anilines is 4. The molecule has 1 aromatic heterocycles. The summed E-state index contributed by atoms with van der Waals surface area (Å²) in [6.45, 7) is 18.5. The number of nitrogens with zero attached hydrogens (tertiary/aromatic N) is 9. The highest BCUT2D eigenvalue weighted by Crippen LogP contribution is 2.37. The lowest BCUT2D eigenvalue weighted by atomic mass is 9.95. The summed E-state index contributed by atoms with van der Waals surface area (Å²) in [7, 11) is 0. The van der Waals surface area contributed by atoms with Gasteiger partial charge in [-0.2, -0.15) is 4.98 Å². The Morgan fingerprint density at radius 2 is 1.55 bits per heavy atom. The largest absolute Gasteiger partial charge is 0.508 e. The predicted molar refractivity (Wildman–Crippen MR) is 285 cm³/mol. The number of hydrogen-bond donors (Lipinski definition) is 6. The van der Waals surface area contributed by atoms with Gasteiger partial charge >= 0.3 is 6.03 Å². The second kappa shape index (κ2) is 22.1. The molecular formula is C55H68N12O6. The van der Waals surface area contributed by atoms with Crippen LogP contribution in [0.4, 0.5) is 27.9 Å². The van der Waals surface area contributed by atoms with Gasteiger partial charge < -0.3 is 50.9 Å². The van der Waals surface area contributed by atoms with Crippen LogP contribution in [-0.2, 0) is 29.1 Å². The maximum Gasteiger partial charge on any atom is 0.325 e. The van der Waals surface area contributed by atoms with Crippen LogP contribution >= 0.6 is 0 Å². The van der Waals surface area contributed by atoms with Crippen LogP contribution in [0.25, 0.3) is 10.8 Å². The number of nitrogens with one attached hydrogen (secondary N) is 2. The molecule has 5 heterocycles. The Bertz CT molecular complexity index is 2850. The third-order valence-electron chi connectivity index (χ3n) is 14.9. The fourth-order valence-corrected chi connectivity index (χ4v) is 10.8. The first-order valence-corrected chi connectivity index (χ1v) is 25.5. The highest BCUT2D eigenvalue weighted by molar-refractivity contribution is 6.22. The van der Waals surface area contributed by atoms with Gasteiger partial charge in [0.2, 0.25) is 17.8 Å². The molecule has 3 saturated heterocycles. The number of benzene rings is 4. The molecule has 4 aliphatic heterocycles. The average molecular weight is 993 g/mol. The summed E-state index contributed by atoms with van der Waals surface area (Å²) in [4.78, 5) is 63.0. The van der Waals surface area contributed by atoms with E-state index in [-0.39, 0.29) is 46.4 Å². The van der Waals surface area contributed by atoms with Crippen LogP contribution in [0.1, 0.15) is 67.0 Å². The molecule has 0 spiro atoms. The Hall–Kier alpha value is -7.44. The molecule has 7 N–H and O–H groups in total. The molecule has 0 radical (unpaired) electrons. The fourth-order valence-electron chi connectivity index (χ4n) is 10.8. The van der Waals surface area contributed by atoms with E-state index >= 15 is 0 Å². The van der Waals surface area contributed by atoms with Crippen molar-refractivity contribution in [2.75, 3.05) is 105 Å². The molecule has 18 heteroatoms. The van der Waals surface area contributed by atoms with Crippen molar-refractivity contribution in [3.05, 3.63) is 113 Å². The zero-order valence-electron chi connectivity index (χ0n) is 42.0. The zero-order valence-corrected chi connectivity index (χ0v) is 42.0. The van der Waals surface area contributed by atoms with Gasteiger partial charge in [-0.3, -0.25) is 19.9 Å². The first kappa shape index (κ1) is 50.5. The topological polar surface area (TPSA) is 222 Å². The van der Waals surface area contributed by atoms with Gasteiger partial charge in [0.05, 0.1) is 23.5 Å². The van der Waals surface area contributed by atoms with Crippen molar-refractivity contribution in [1.82, 2.24) is 29.6 Å². The zero-order chi connectivity index (χ0) is 51.3. The number of carbonyl (C=O) groups is 3. The lowest BCUT2D eigenvalue weighted by molar-refractivity contribution is -0.132. The van der Waals surface area contributed by atoms with Gasteiger partial charge in [-0.1, -0.05) is 56.8 Å². The molecule has 18 nitrogen and oxygen atoms in total. The number of nitrogens with two attached hydrogens (primary N) is 1. The van der Waals surface area contributed by atoms with Gasteiger partial charge in [0.15, 0.2) is 0 Å². The Balaban J connectivity index is 0.746. The monoisotopic (exact) mass is 993 g/mol. The molecule has 9 rings (SSSR count). The Kier molecular flexibility index (Phi) is 15.3. The van der Waals surface area contributed by atoms with E-state index in [1.54, 1.807) is 18.2 Å². The van der Waals surface area contributed by atoms with Gasteiger partial charge in [0.25, 0.3) is 0 Å². The number of fused-ring (bicyclic) bond motifs is 2. The number of aromatic hydroxyl groups is 3. The fraction of sp³-hybridized carbons (Fsp3) is 0.418. The summed E-state index contributed by atoms with van der Waals surface area (Å²) >= 11 is 0. The van der Waals surface area contributed by atoms with Crippen LogP contribution in [0.3, 0.4) is 0 Å². The van der Waals surface area contributed by atoms with Crippen LogP contribution in [0.2, 0.25) is 0 Å². The Morgan fingerprint density at radius 3 is 2.25 bits per heavy atom. The predicted octanol–water partition coefficient (Wildman–Crippen LogP) is 6.04. The lowest BCUT2D eigenvalue weighted by Crippen LogP contribution is -2.49. The van der Waals surface area contributed by atoms with Crippen molar-refractivity contribution < 1.29 is 29.7 Å². The number of piperidine rings is 1. The van der Waals surface area contributed by atoms with Crippen LogP contribution in [-0.4, -0.2) is 154 Å². The quantitative estimate of drug-likeness (QED) is 0.0425. The van der Waals surface area contributed by atoms with Crippen molar-refractivity contribution >= 4 is 57.6 Å². The van der Waals surface area contributed by atoms with E-state index in [1.807, 2.05) is 60.0 Å². The van der Waals surface area contributed by atoms with Gasteiger partial charge in [0.1, 0.15) is 28.9 Å². The minimum absolute atomic E-state index is 0.0693. The maximum atomic E-state index is 13.6. The van der Waals surface area contributed by atoms with Crippen LogP contribution in [0, 0.1) is 11.3 Å². The van der Waals surface area contributed by atoms with Gasteiger partial charge in [-0.15, -0.1) is 0 Å².